The Labute approximate surface area is 95.6 Å². The van der Waals surface area contributed by atoms with E-state index in [0.29, 0.717) is 12.5 Å². The smallest absolute Gasteiger partial charge is 0.350 e. The first-order valence-corrected chi connectivity index (χ1v) is 4.77. The second-order valence-corrected chi connectivity index (χ2v) is 4.08. The van der Waals surface area contributed by atoms with Crippen molar-refractivity contribution >= 4 is 6.41 Å². The van der Waals surface area contributed by atoms with E-state index >= 15 is 0 Å². The summed E-state index contributed by atoms with van der Waals surface area (Å²) in [7, 11) is 0. The van der Waals surface area contributed by atoms with Crippen molar-refractivity contribution in [3.05, 3.63) is 35.1 Å². The number of halogens is 4. The first kappa shape index (κ1) is 13.5. The van der Waals surface area contributed by atoms with Gasteiger partial charge >= 0.3 is 6.18 Å². The van der Waals surface area contributed by atoms with E-state index in [4.69, 9.17) is 0 Å². The molecule has 6 heteroatoms. The van der Waals surface area contributed by atoms with Gasteiger partial charge < -0.3 is 5.32 Å². The van der Waals surface area contributed by atoms with Gasteiger partial charge in [-0.3, -0.25) is 4.79 Å². The molecule has 17 heavy (non-hydrogen) atoms. The predicted molar refractivity (Wildman–Crippen MR) is 53.6 cm³/mol. The topological polar surface area (TPSA) is 29.1 Å². The normalized spacial score (nSPS) is 12.4. The van der Waals surface area contributed by atoms with Gasteiger partial charge in [-0.25, -0.2) is 4.39 Å². The molecule has 0 bridgehead atoms. The van der Waals surface area contributed by atoms with Crippen LogP contribution in [0.25, 0.3) is 0 Å². The zero-order valence-corrected chi connectivity index (χ0v) is 9.23. The number of amides is 1. The Balaban J connectivity index is 3.18. The monoisotopic (exact) mass is 249 g/mol. The van der Waals surface area contributed by atoms with Crippen molar-refractivity contribution in [1.29, 1.82) is 0 Å². The summed E-state index contributed by atoms with van der Waals surface area (Å²) in [6.45, 7) is 2.99. The molecule has 0 saturated carbocycles. The number of alkyl halides is 3. The van der Waals surface area contributed by atoms with Crippen LogP contribution in [-0.4, -0.2) is 6.41 Å². The van der Waals surface area contributed by atoms with Crippen LogP contribution in [-0.2, 0) is 16.5 Å². The lowest BCUT2D eigenvalue weighted by Gasteiger charge is -2.25. The van der Waals surface area contributed by atoms with E-state index in [9.17, 15) is 22.4 Å². The minimum absolute atomic E-state index is 0.00222. The molecule has 94 valence electrons. The number of benzene rings is 1. The van der Waals surface area contributed by atoms with Crippen LogP contribution in [0.15, 0.2) is 18.2 Å². The van der Waals surface area contributed by atoms with Gasteiger partial charge in [0.2, 0.25) is 6.41 Å². The largest absolute Gasteiger partial charge is 0.416 e. The van der Waals surface area contributed by atoms with E-state index in [0.717, 1.165) is 12.1 Å². The Morgan fingerprint density at radius 3 is 2.24 bits per heavy atom. The van der Waals surface area contributed by atoms with Gasteiger partial charge in [0.25, 0.3) is 0 Å². The molecule has 0 unspecified atom stereocenters. The van der Waals surface area contributed by atoms with Crippen LogP contribution in [0.4, 0.5) is 17.6 Å². The Morgan fingerprint density at radius 2 is 1.82 bits per heavy atom. The Morgan fingerprint density at radius 1 is 1.24 bits per heavy atom. The van der Waals surface area contributed by atoms with E-state index < -0.39 is 23.1 Å². The van der Waals surface area contributed by atoms with Crippen molar-refractivity contribution in [2.75, 3.05) is 0 Å². The molecule has 0 radical (unpaired) electrons. The highest BCUT2D eigenvalue weighted by Gasteiger charge is 2.32. The van der Waals surface area contributed by atoms with Gasteiger partial charge in [0.05, 0.1) is 11.1 Å². The van der Waals surface area contributed by atoms with Gasteiger partial charge in [-0.15, -0.1) is 0 Å². The molecule has 0 saturated heterocycles. The molecule has 0 spiro atoms. The van der Waals surface area contributed by atoms with Gasteiger partial charge in [-0.2, -0.15) is 13.2 Å². The third-order valence-electron chi connectivity index (χ3n) is 2.39. The maximum atomic E-state index is 13.5. The molecule has 0 aliphatic heterocycles. The molecule has 1 rings (SSSR count). The fourth-order valence-corrected chi connectivity index (χ4v) is 1.42. The average molecular weight is 249 g/mol. The fraction of sp³-hybridized carbons (Fsp3) is 0.364. The third kappa shape index (κ3) is 2.95. The van der Waals surface area contributed by atoms with Gasteiger partial charge in [-0.1, -0.05) is 6.07 Å². The van der Waals surface area contributed by atoms with Crippen LogP contribution in [0.3, 0.4) is 0 Å². The highest BCUT2D eigenvalue weighted by Crippen LogP contribution is 2.32. The van der Waals surface area contributed by atoms with Crippen molar-refractivity contribution in [3.8, 4) is 0 Å². The summed E-state index contributed by atoms with van der Waals surface area (Å²) >= 11 is 0. The number of hydrogen-bond donors (Lipinski definition) is 1. The number of nitrogens with one attached hydrogen (secondary N) is 1. The lowest BCUT2D eigenvalue weighted by atomic mass is 9.93. The second-order valence-electron chi connectivity index (χ2n) is 4.08. The van der Waals surface area contributed by atoms with Crippen LogP contribution >= 0.6 is 0 Å². The zero-order valence-electron chi connectivity index (χ0n) is 9.23. The van der Waals surface area contributed by atoms with E-state index in [-0.39, 0.29) is 5.56 Å². The minimum atomic E-state index is -4.58. The van der Waals surface area contributed by atoms with Crippen molar-refractivity contribution in [2.24, 2.45) is 0 Å². The lowest BCUT2D eigenvalue weighted by molar-refractivity contribution is -0.137. The van der Waals surface area contributed by atoms with Gasteiger partial charge in [0, 0.05) is 5.56 Å². The maximum Gasteiger partial charge on any atom is 0.416 e. The first-order chi connectivity index (χ1) is 7.68. The molecule has 2 nitrogen and oxygen atoms in total. The van der Waals surface area contributed by atoms with Crippen LogP contribution in [0.2, 0.25) is 0 Å². The maximum absolute atomic E-state index is 13.5. The summed E-state index contributed by atoms with van der Waals surface area (Å²) in [5.41, 5.74) is -2.12. The van der Waals surface area contributed by atoms with E-state index in [1.807, 2.05) is 0 Å². The third-order valence-corrected chi connectivity index (χ3v) is 2.39. The van der Waals surface area contributed by atoms with E-state index in [1.54, 1.807) is 0 Å². The second kappa shape index (κ2) is 4.35. The number of rotatable bonds is 3. The summed E-state index contributed by atoms with van der Waals surface area (Å²) < 4.78 is 50.5. The molecule has 1 N–H and O–H groups in total. The molecule has 0 fully saturated rings. The molecule has 0 heterocycles. The van der Waals surface area contributed by atoms with Crippen molar-refractivity contribution in [3.63, 3.8) is 0 Å². The SMILES string of the molecule is CC(C)(NC=O)c1ccc(C(F)(F)F)cc1F. The number of carbonyl (C=O) groups is 1. The molecule has 0 aliphatic rings. The fourth-order valence-electron chi connectivity index (χ4n) is 1.42. The summed E-state index contributed by atoms with van der Waals surface area (Å²) in [5.74, 6) is -1.00. The molecule has 0 aromatic heterocycles. The molecule has 1 amide bonds. The highest BCUT2D eigenvalue weighted by atomic mass is 19.4. The van der Waals surface area contributed by atoms with Crippen LogP contribution < -0.4 is 5.32 Å². The predicted octanol–water partition coefficient (Wildman–Crippen LogP) is 2.83. The summed E-state index contributed by atoms with van der Waals surface area (Å²) in [5, 5.41) is 2.34. The molecule has 0 aliphatic carbocycles. The van der Waals surface area contributed by atoms with Crippen LogP contribution in [0, 0.1) is 5.82 Å². The highest BCUT2D eigenvalue weighted by molar-refractivity contribution is 5.49. The first-order valence-electron chi connectivity index (χ1n) is 4.77. The summed E-state index contributed by atoms with van der Waals surface area (Å²) in [4.78, 5) is 10.3. The van der Waals surface area contributed by atoms with E-state index in [2.05, 4.69) is 5.32 Å². The summed E-state index contributed by atoms with van der Waals surface area (Å²) in [6.07, 6.45) is -4.21. The zero-order chi connectivity index (χ0) is 13.3. The van der Waals surface area contributed by atoms with Gasteiger partial charge in [0.15, 0.2) is 0 Å². The molecule has 1 aromatic carbocycles. The number of carbonyl (C=O) groups excluding carboxylic acids is 1. The molecule has 0 atom stereocenters. The van der Waals surface area contributed by atoms with Gasteiger partial charge in [-0.05, 0) is 26.0 Å². The van der Waals surface area contributed by atoms with Crippen LogP contribution in [0.5, 0.6) is 0 Å². The lowest BCUT2D eigenvalue weighted by Crippen LogP contribution is -2.36. The van der Waals surface area contributed by atoms with E-state index in [1.165, 1.54) is 13.8 Å². The van der Waals surface area contributed by atoms with Crippen molar-refractivity contribution in [2.45, 2.75) is 25.6 Å². The van der Waals surface area contributed by atoms with Crippen LogP contribution in [0.1, 0.15) is 25.0 Å². The number of hydrogen-bond acceptors (Lipinski definition) is 1. The molecular weight excluding hydrogens is 238 g/mol. The Bertz CT molecular complexity index is 426. The Hall–Kier alpha value is -1.59. The molecular formula is C11H11F4NO. The summed E-state index contributed by atoms with van der Waals surface area (Å²) in [6, 6.07) is 2.23. The van der Waals surface area contributed by atoms with Crippen molar-refractivity contribution < 1.29 is 22.4 Å². The standard InChI is InChI=1S/C11H11F4NO/c1-10(2,16-6-17)8-4-3-7(5-9(8)12)11(13,14)15/h3-6H,1-2H3,(H,16,17). The van der Waals surface area contributed by atoms with Gasteiger partial charge in [0.1, 0.15) is 5.82 Å². The van der Waals surface area contributed by atoms with Crippen molar-refractivity contribution in [1.82, 2.24) is 5.32 Å². The minimum Gasteiger partial charge on any atom is -0.350 e. The quantitative estimate of drug-likeness (QED) is 0.647. The average Bonchev–Trinajstić information content (AvgIpc) is 2.15. The Kier molecular flexibility index (Phi) is 3.45. The molecule has 1 aromatic rings.